The van der Waals surface area contributed by atoms with Gasteiger partial charge in [0.1, 0.15) is 6.04 Å². The van der Waals surface area contributed by atoms with Crippen LogP contribution in [0.15, 0.2) is 58.9 Å². The molecule has 0 bridgehead atoms. The summed E-state index contributed by atoms with van der Waals surface area (Å²) in [5, 5.41) is 9.14. The topological polar surface area (TPSA) is 108 Å². The molecule has 1 unspecified atom stereocenters. The second-order valence-electron chi connectivity index (χ2n) is 9.74. The Morgan fingerprint density at radius 2 is 1.88 bits per heavy atom. The third-order valence-electron chi connectivity index (χ3n) is 7.12. The van der Waals surface area contributed by atoms with Crippen LogP contribution in [0.25, 0.3) is 0 Å². The van der Waals surface area contributed by atoms with Gasteiger partial charge in [0.25, 0.3) is 5.91 Å². The number of fused-ring (bicyclic) bond motifs is 1. The standard InChI is InChI=1S/C29H32ClN5O5S/c1-18-25(27(37)39-3)26(35-28(31-18)32-29(33-35)41-17-20-9-5-6-10-21(20)30)19-11-12-22(23(15-19)38-2)40-16-24(36)34-13-7-4-8-14-34/h5-6,9-12,15,26H,4,7-8,13-14,16-17H2,1-3H3,(H,31,32,33). The van der Waals surface area contributed by atoms with E-state index in [0.29, 0.717) is 50.2 Å². The van der Waals surface area contributed by atoms with Gasteiger partial charge in [0.2, 0.25) is 11.1 Å². The highest BCUT2D eigenvalue weighted by Crippen LogP contribution is 2.40. The van der Waals surface area contributed by atoms with Crippen LogP contribution in [0.3, 0.4) is 0 Å². The molecule has 1 atom stereocenters. The van der Waals surface area contributed by atoms with Gasteiger partial charge in [0.15, 0.2) is 18.1 Å². The van der Waals surface area contributed by atoms with E-state index < -0.39 is 12.0 Å². The van der Waals surface area contributed by atoms with Crippen molar-refractivity contribution in [2.75, 3.05) is 39.2 Å². The number of benzene rings is 2. The first-order valence-corrected chi connectivity index (χ1v) is 14.7. The van der Waals surface area contributed by atoms with Crippen LogP contribution in [0.2, 0.25) is 5.02 Å². The number of thioether (sulfide) groups is 1. The second-order valence-corrected chi connectivity index (χ2v) is 11.1. The normalized spacial score (nSPS) is 16.6. The van der Waals surface area contributed by atoms with Crippen molar-refractivity contribution in [1.29, 1.82) is 0 Å². The molecule has 3 aromatic rings. The molecule has 216 valence electrons. The van der Waals surface area contributed by atoms with E-state index in [0.717, 1.165) is 37.9 Å². The lowest BCUT2D eigenvalue weighted by Crippen LogP contribution is -2.38. The maximum Gasteiger partial charge on any atom is 0.338 e. The molecule has 5 rings (SSSR count). The molecule has 12 heteroatoms. The summed E-state index contributed by atoms with van der Waals surface area (Å²) in [6.07, 6.45) is 3.17. The van der Waals surface area contributed by atoms with Gasteiger partial charge in [-0.25, -0.2) is 9.48 Å². The number of esters is 1. The highest BCUT2D eigenvalue weighted by molar-refractivity contribution is 7.98. The van der Waals surface area contributed by atoms with Gasteiger partial charge < -0.3 is 24.4 Å². The van der Waals surface area contributed by atoms with E-state index in [9.17, 15) is 9.59 Å². The molecule has 0 radical (unpaired) electrons. The molecule has 1 fully saturated rings. The monoisotopic (exact) mass is 597 g/mol. The van der Waals surface area contributed by atoms with E-state index in [1.54, 1.807) is 23.7 Å². The van der Waals surface area contributed by atoms with E-state index in [4.69, 9.17) is 30.9 Å². The van der Waals surface area contributed by atoms with Crippen molar-refractivity contribution < 1.29 is 23.8 Å². The van der Waals surface area contributed by atoms with Crippen molar-refractivity contribution in [2.45, 2.75) is 43.1 Å². The number of halogens is 1. The molecule has 3 heterocycles. The number of aromatic nitrogens is 3. The lowest BCUT2D eigenvalue weighted by molar-refractivity contribution is -0.136. The van der Waals surface area contributed by atoms with Crippen LogP contribution < -0.4 is 14.8 Å². The Morgan fingerprint density at radius 3 is 2.61 bits per heavy atom. The Balaban J connectivity index is 1.42. The van der Waals surface area contributed by atoms with Crippen LogP contribution in [-0.2, 0) is 20.1 Å². The molecule has 41 heavy (non-hydrogen) atoms. The number of likely N-dealkylation sites (tertiary alicyclic amines) is 1. The molecule has 10 nitrogen and oxygen atoms in total. The van der Waals surface area contributed by atoms with Gasteiger partial charge >= 0.3 is 5.97 Å². The average Bonchev–Trinajstić information content (AvgIpc) is 3.41. The molecular weight excluding hydrogens is 566 g/mol. The number of anilines is 1. The average molecular weight is 598 g/mol. The summed E-state index contributed by atoms with van der Waals surface area (Å²) < 4.78 is 18.3. The lowest BCUT2D eigenvalue weighted by atomic mass is 9.95. The first kappa shape index (κ1) is 28.8. The molecule has 1 amide bonds. The number of allylic oxidation sites excluding steroid dienone is 1. The van der Waals surface area contributed by atoms with Crippen LogP contribution >= 0.6 is 23.4 Å². The number of hydrogen-bond acceptors (Lipinski definition) is 9. The highest BCUT2D eigenvalue weighted by Gasteiger charge is 2.35. The summed E-state index contributed by atoms with van der Waals surface area (Å²) in [5.74, 6) is 1.41. The van der Waals surface area contributed by atoms with Crippen LogP contribution in [0, 0.1) is 0 Å². The molecule has 2 aromatic carbocycles. The number of methoxy groups -OCH3 is 2. The Morgan fingerprint density at radius 1 is 1.10 bits per heavy atom. The molecule has 1 aromatic heterocycles. The van der Waals surface area contributed by atoms with Gasteiger partial charge in [-0.15, -0.1) is 5.10 Å². The quantitative estimate of drug-likeness (QED) is 0.267. The molecule has 2 aliphatic heterocycles. The highest BCUT2D eigenvalue weighted by atomic mass is 35.5. The third kappa shape index (κ3) is 6.31. The third-order valence-corrected chi connectivity index (χ3v) is 8.37. The van der Waals surface area contributed by atoms with E-state index in [1.807, 2.05) is 35.2 Å². The molecule has 0 saturated carbocycles. The summed E-state index contributed by atoms with van der Waals surface area (Å²) >= 11 is 7.77. The maximum atomic E-state index is 13.0. The Hall–Kier alpha value is -3.70. The predicted molar refractivity (Wildman–Crippen MR) is 156 cm³/mol. The fourth-order valence-electron chi connectivity index (χ4n) is 4.98. The summed E-state index contributed by atoms with van der Waals surface area (Å²) in [6.45, 7) is 3.24. The summed E-state index contributed by atoms with van der Waals surface area (Å²) in [7, 11) is 2.88. The second kappa shape index (κ2) is 12.9. The van der Waals surface area contributed by atoms with Gasteiger partial charge in [-0.05, 0) is 55.5 Å². The van der Waals surface area contributed by atoms with E-state index in [-0.39, 0.29) is 12.5 Å². The van der Waals surface area contributed by atoms with Gasteiger partial charge in [-0.3, -0.25) is 4.79 Å². The number of nitrogens with one attached hydrogen (secondary N) is 1. The number of amides is 1. The molecule has 1 N–H and O–H groups in total. The first-order chi connectivity index (χ1) is 19.9. The van der Waals surface area contributed by atoms with Crippen molar-refractivity contribution in [3.63, 3.8) is 0 Å². The van der Waals surface area contributed by atoms with Crippen molar-refractivity contribution >= 4 is 41.2 Å². The van der Waals surface area contributed by atoms with Gasteiger partial charge in [0.05, 0.1) is 19.8 Å². The van der Waals surface area contributed by atoms with Gasteiger partial charge in [-0.1, -0.05) is 47.6 Å². The first-order valence-electron chi connectivity index (χ1n) is 13.4. The number of carbonyl (C=O) groups excluding carboxylic acids is 2. The SMILES string of the molecule is COC(=O)C1=C(C)Nc2nc(SCc3ccccc3Cl)nn2C1c1ccc(OCC(=O)N2CCCCC2)c(OC)c1. The van der Waals surface area contributed by atoms with E-state index >= 15 is 0 Å². The zero-order valence-corrected chi connectivity index (χ0v) is 24.8. The summed E-state index contributed by atoms with van der Waals surface area (Å²) in [4.78, 5) is 32.1. The van der Waals surface area contributed by atoms with Crippen molar-refractivity contribution in [3.8, 4) is 11.5 Å². The Labute approximate surface area is 248 Å². The fraction of sp³-hybridized carbons (Fsp3) is 0.379. The molecule has 2 aliphatic rings. The number of ether oxygens (including phenoxy) is 3. The molecule has 0 aliphatic carbocycles. The van der Waals surface area contributed by atoms with Crippen molar-refractivity contribution in [3.05, 3.63) is 69.9 Å². The van der Waals surface area contributed by atoms with Crippen molar-refractivity contribution in [1.82, 2.24) is 19.7 Å². The molecular formula is C29H32ClN5O5S. The number of carbonyl (C=O) groups is 2. The fourth-order valence-corrected chi connectivity index (χ4v) is 6.10. The van der Waals surface area contributed by atoms with E-state index in [1.165, 1.54) is 26.0 Å². The molecule has 1 saturated heterocycles. The van der Waals surface area contributed by atoms with Gasteiger partial charge in [0, 0.05) is 29.6 Å². The minimum absolute atomic E-state index is 0.0465. The Kier molecular flexibility index (Phi) is 9.04. The van der Waals surface area contributed by atoms with Crippen LogP contribution in [-0.4, -0.2) is 65.5 Å². The number of piperidine rings is 1. The number of rotatable bonds is 9. The number of nitrogens with zero attached hydrogens (tertiary/aromatic N) is 4. The minimum Gasteiger partial charge on any atom is -0.493 e. The smallest absolute Gasteiger partial charge is 0.338 e. The van der Waals surface area contributed by atoms with E-state index in [2.05, 4.69) is 10.3 Å². The van der Waals surface area contributed by atoms with Crippen LogP contribution in [0.5, 0.6) is 11.5 Å². The van der Waals surface area contributed by atoms with Crippen LogP contribution in [0.1, 0.15) is 43.4 Å². The molecule has 0 spiro atoms. The summed E-state index contributed by atoms with van der Waals surface area (Å²) in [6, 6.07) is 12.4. The van der Waals surface area contributed by atoms with Gasteiger partial charge in [-0.2, -0.15) is 4.98 Å². The Bertz CT molecular complexity index is 1470. The number of hydrogen-bond donors (Lipinski definition) is 1. The largest absolute Gasteiger partial charge is 0.493 e. The zero-order valence-electron chi connectivity index (χ0n) is 23.2. The maximum absolute atomic E-state index is 13.0. The minimum atomic E-state index is -0.640. The zero-order chi connectivity index (χ0) is 28.9. The van der Waals surface area contributed by atoms with Crippen LogP contribution in [0.4, 0.5) is 5.95 Å². The summed E-state index contributed by atoms with van der Waals surface area (Å²) in [5.41, 5.74) is 2.69. The predicted octanol–water partition coefficient (Wildman–Crippen LogP) is 5.09. The lowest BCUT2D eigenvalue weighted by Gasteiger charge is -2.28. The van der Waals surface area contributed by atoms with Crippen molar-refractivity contribution in [2.24, 2.45) is 0 Å².